The van der Waals surface area contributed by atoms with Crippen molar-refractivity contribution >= 4 is 39.7 Å². The lowest BCUT2D eigenvalue weighted by Crippen LogP contribution is -2.12. The summed E-state index contributed by atoms with van der Waals surface area (Å²) in [5, 5.41) is 22.7. The summed E-state index contributed by atoms with van der Waals surface area (Å²) in [5.41, 5.74) is 1.08. The number of carbonyl (C=O) groups is 1. The number of carbonyl (C=O) groups excluding carboxylic acids is 1. The van der Waals surface area contributed by atoms with E-state index in [1.807, 2.05) is 18.2 Å². The average molecular weight is 403 g/mol. The molecule has 9 heteroatoms. The first kappa shape index (κ1) is 18.9. The predicted octanol–water partition coefficient (Wildman–Crippen LogP) is 4.53. The molecule has 0 unspecified atom stereocenters. The molecule has 0 aliphatic carbocycles. The van der Waals surface area contributed by atoms with Crippen LogP contribution in [0.1, 0.15) is 27.3 Å². The average Bonchev–Trinajstić information content (AvgIpc) is 3.10. The minimum absolute atomic E-state index is 0.0202. The summed E-state index contributed by atoms with van der Waals surface area (Å²) >= 11 is 7.05. The number of anilines is 1. The number of nitrogens with zero attached hydrogens (tertiary/aromatic N) is 3. The fourth-order valence-electron chi connectivity index (χ4n) is 2.46. The Bertz CT molecular complexity index is 962. The predicted molar refractivity (Wildman–Crippen MR) is 104 cm³/mol. The number of halogens is 1. The van der Waals surface area contributed by atoms with Gasteiger partial charge in [-0.3, -0.25) is 20.2 Å². The van der Waals surface area contributed by atoms with Crippen LogP contribution in [0.15, 0.2) is 48.5 Å². The Hall–Kier alpha value is -2.84. The highest BCUT2D eigenvalue weighted by Gasteiger charge is 2.17. The number of aromatic nitrogens is 2. The first-order chi connectivity index (χ1) is 13.0. The number of nitrogens with one attached hydrogen (secondary N) is 1. The Labute approximate surface area is 164 Å². The van der Waals surface area contributed by atoms with Gasteiger partial charge in [0.25, 0.3) is 11.6 Å². The van der Waals surface area contributed by atoms with E-state index in [0.717, 1.165) is 30.3 Å². The number of aryl methyl sites for hydroxylation is 2. The molecular weight excluding hydrogens is 388 g/mol. The van der Waals surface area contributed by atoms with Gasteiger partial charge in [-0.1, -0.05) is 53.3 Å². The zero-order valence-electron chi connectivity index (χ0n) is 14.1. The van der Waals surface area contributed by atoms with Crippen LogP contribution in [-0.2, 0) is 12.8 Å². The van der Waals surface area contributed by atoms with Crippen molar-refractivity contribution in [2.24, 2.45) is 0 Å². The smallest absolute Gasteiger partial charge is 0.288 e. The van der Waals surface area contributed by atoms with Crippen LogP contribution < -0.4 is 5.32 Å². The Morgan fingerprint density at radius 1 is 1.15 bits per heavy atom. The highest BCUT2D eigenvalue weighted by Crippen LogP contribution is 2.26. The quantitative estimate of drug-likeness (QED) is 0.462. The second-order valence-electron chi connectivity index (χ2n) is 5.72. The summed E-state index contributed by atoms with van der Waals surface area (Å²) in [7, 11) is 0. The van der Waals surface area contributed by atoms with Gasteiger partial charge in [-0.05, 0) is 30.5 Å². The molecule has 7 nitrogen and oxygen atoms in total. The Morgan fingerprint density at radius 3 is 2.67 bits per heavy atom. The maximum absolute atomic E-state index is 12.3. The van der Waals surface area contributed by atoms with E-state index in [0.29, 0.717) is 5.13 Å². The molecule has 3 aromatic rings. The summed E-state index contributed by atoms with van der Waals surface area (Å²) in [4.78, 5) is 22.6. The SMILES string of the molecule is O=C(Nc1nnc(CCCc2ccccc2)s1)c1ccc(Cl)c([N+](=O)[O-])c1. The van der Waals surface area contributed by atoms with Crippen molar-refractivity contribution in [3.05, 3.63) is 79.8 Å². The molecule has 0 spiro atoms. The minimum atomic E-state index is -0.630. The third kappa shape index (κ3) is 5.08. The van der Waals surface area contributed by atoms with E-state index in [1.165, 1.54) is 29.0 Å². The van der Waals surface area contributed by atoms with Crippen molar-refractivity contribution in [2.75, 3.05) is 5.32 Å². The van der Waals surface area contributed by atoms with E-state index in [9.17, 15) is 14.9 Å². The maximum Gasteiger partial charge on any atom is 0.288 e. The molecule has 0 bridgehead atoms. The molecule has 0 fully saturated rings. The van der Waals surface area contributed by atoms with Crippen LogP contribution in [-0.4, -0.2) is 21.0 Å². The molecule has 1 amide bonds. The number of amides is 1. The lowest BCUT2D eigenvalue weighted by Gasteiger charge is -2.02. The van der Waals surface area contributed by atoms with Gasteiger partial charge in [0.2, 0.25) is 5.13 Å². The van der Waals surface area contributed by atoms with Crippen molar-refractivity contribution in [1.29, 1.82) is 0 Å². The third-order valence-corrected chi connectivity index (χ3v) is 5.01. The van der Waals surface area contributed by atoms with Crippen LogP contribution in [0.4, 0.5) is 10.8 Å². The fraction of sp³-hybridized carbons (Fsp3) is 0.167. The highest BCUT2D eigenvalue weighted by molar-refractivity contribution is 7.15. The molecule has 138 valence electrons. The molecule has 0 saturated heterocycles. The van der Waals surface area contributed by atoms with Gasteiger partial charge >= 0.3 is 0 Å². The molecule has 1 N–H and O–H groups in total. The van der Waals surface area contributed by atoms with Crippen molar-refractivity contribution < 1.29 is 9.72 Å². The molecule has 2 aromatic carbocycles. The maximum atomic E-state index is 12.3. The largest absolute Gasteiger partial charge is 0.296 e. The zero-order chi connectivity index (χ0) is 19.2. The van der Waals surface area contributed by atoms with Gasteiger partial charge in [-0.15, -0.1) is 10.2 Å². The topological polar surface area (TPSA) is 98.0 Å². The van der Waals surface area contributed by atoms with E-state index in [4.69, 9.17) is 11.6 Å². The van der Waals surface area contributed by atoms with Crippen LogP contribution in [0, 0.1) is 10.1 Å². The molecule has 0 atom stereocenters. The van der Waals surface area contributed by atoms with Gasteiger partial charge in [-0.25, -0.2) is 0 Å². The van der Waals surface area contributed by atoms with Crippen LogP contribution in [0.25, 0.3) is 0 Å². The van der Waals surface area contributed by atoms with Crippen LogP contribution in [0.2, 0.25) is 5.02 Å². The molecule has 0 aliphatic heterocycles. The van der Waals surface area contributed by atoms with Crippen LogP contribution >= 0.6 is 22.9 Å². The standard InChI is InChI=1S/C18H15ClN4O3S/c19-14-10-9-13(11-15(14)23(25)26)17(24)20-18-22-21-16(27-18)8-4-7-12-5-2-1-3-6-12/h1-3,5-6,9-11H,4,7-8H2,(H,20,22,24). The molecule has 0 saturated carbocycles. The first-order valence-electron chi connectivity index (χ1n) is 8.14. The molecule has 1 aromatic heterocycles. The van der Waals surface area contributed by atoms with Gasteiger partial charge in [0, 0.05) is 18.1 Å². The van der Waals surface area contributed by atoms with Crippen molar-refractivity contribution in [2.45, 2.75) is 19.3 Å². The van der Waals surface area contributed by atoms with Crippen molar-refractivity contribution in [3.8, 4) is 0 Å². The molecule has 3 rings (SSSR count). The van der Waals surface area contributed by atoms with Gasteiger partial charge in [-0.2, -0.15) is 0 Å². The number of hydrogen-bond acceptors (Lipinski definition) is 6. The molecular formula is C18H15ClN4O3S. The van der Waals surface area contributed by atoms with E-state index in [-0.39, 0.29) is 16.3 Å². The number of rotatable bonds is 7. The lowest BCUT2D eigenvalue weighted by atomic mass is 10.1. The van der Waals surface area contributed by atoms with E-state index >= 15 is 0 Å². The summed E-state index contributed by atoms with van der Waals surface area (Å²) < 4.78 is 0. The number of nitro groups is 1. The third-order valence-electron chi connectivity index (χ3n) is 3.79. The lowest BCUT2D eigenvalue weighted by molar-refractivity contribution is -0.384. The monoisotopic (exact) mass is 402 g/mol. The van der Waals surface area contributed by atoms with Crippen LogP contribution in [0.3, 0.4) is 0 Å². The van der Waals surface area contributed by atoms with Gasteiger partial charge in [0.15, 0.2) is 0 Å². The zero-order valence-corrected chi connectivity index (χ0v) is 15.7. The molecule has 0 radical (unpaired) electrons. The van der Waals surface area contributed by atoms with E-state index < -0.39 is 10.8 Å². The minimum Gasteiger partial charge on any atom is -0.296 e. The summed E-state index contributed by atoms with van der Waals surface area (Å²) in [5.74, 6) is -0.498. The second kappa shape index (κ2) is 8.70. The van der Waals surface area contributed by atoms with E-state index in [2.05, 4.69) is 27.6 Å². The number of benzene rings is 2. The number of nitro benzene ring substituents is 1. The van der Waals surface area contributed by atoms with Gasteiger partial charge in [0.1, 0.15) is 10.0 Å². The number of hydrogen-bond donors (Lipinski definition) is 1. The Balaban J connectivity index is 1.58. The van der Waals surface area contributed by atoms with E-state index in [1.54, 1.807) is 0 Å². The van der Waals surface area contributed by atoms with Crippen molar-refractivity contribution in [1.82, 2.24) is 10.2 Å². The molecule has 0 aliphatic rings. The summed E-state index contributed by atoms with van der Waals surface area (Å²) in [6.45, 7) is 0. The first-order valence-corrected chi connectivity index (χ1v) is 9.34. The normalized spacial score (nSPS) is 10.6. The summed E-state index contributed by atoms with van der Waals surface area (Å²) in [6.07, 6.45) is 2.63. The highest BCUT2D eigenvalue weighted by atomic mass is 35.5. The molecule has 27 heavy (non-hydrogen) atoms. The van der Waals surface area contributed by atoms with Gasteiger partial charge < -0.3 is 0 Å². The van der Waals surface area contributed by atoms with Crippen LogP contribution in [0.5, 0.6) is 0 Å². The Morgan fingerprint density at radius 2 is 1.93 bits per heavy atom. The second-order valence-corrected chi connectivity index (χ2v) is 7.19. The Kier molecular flexibility index (Phi) is 6.10. The van der Waals surface area contributed by atoms with Crippen molar-refractivity contribution in [3.63, 3.8) is 0 Å². The fourth-order valence-corrected chi connectivity index (χ4v) is 3.42. The summed E-state index contributed by atoms with van der Waals surface area (Å²) in [6, 6.07) is 14.0. The van der Waals surface area contributed by atoms with Gasteiger partial charge in [0.05, 0.1) is 4.92 Å². The molecule has 1 heterocycles.